The first-order chi connectivity index (χ1) is 9.95. The lowest BCUT2D eigenvalue weighted by Gasteiger charge is -2.24. The van der Waals surface area contributed by atoms with Crippen LogP contribution >= 0.6 is 27.5 Å². The molecule has 21 heavy (non-hydrogen) atoms. The van der Waals surface area contributed by atoms with E-state index >= 15 is 0 Å². The molecule has 0 saturated heterocycles. The molecule has 112 valence electrons. The molecule has 0 amide bonds. The highest BCUT2D eigenvalue weighted by atomic mass is 79.9. The maximum atomic E-state index is 6.16. The van der Waals surface area contributed by atoms with Crippen LogP contribution in [0.25, 0.3) is 0 Å². The molecule has 0 bridgehead atoms. The van der Waals surface area contributed by atoms with Crippen LogP contribution in [0.2, 0.25) is 5.02 Å². The van der Waals surface area contributed by atoms with Crippen molar-refractivity contribution < 1.29 is 0 Å². The monoisotopic (exact) mass is 366 g/mol. The molecule has 0 fully saturated rings. The van der Waals surface area contributed by atoms with E-state index in [4.69, 9.17) is 17.3 Å². The Morgan fingerprint density at radius 1 is 1.24 bits per heavy atom. The first-order valence-corrected chi connectivity index (χ1v) is 8.12. The predicted octanol–water partition coefficient (Wildman–Crippen LogP) is 4.63. The van der Waals surface area contributed by atoms with E-state index in [1.54, 1.807) is 0 Å². The Morgan fingerprint density at radius 3 is 2.67 bits per heavy atom. The van der Waals surface area contributed by atoms with Crippen molar-refractivity contribution in [3.05, 3.63) is 63.1 Å². The fourth-order valence-electron chi connectivity index (χ4n) is 2.41. The summed E-state index contributed by atoms with van der Waals surface area (Å²) >= 11 is 9.67. The summed E-state index contributed by atoms with van der Waals surface area (Å²) < 4.78 is 1.09. The molecule has 0 saturated carbocycles. The molecule has 2 rings (SSSR count). The number of anilines is 1. The lowest BCUT2D eigenvalue weighted by molar-refractivity contribution is 0.734. The Hall–Kier alpha value is -1.03. The van der Waals surface area contributed by atoms with Crippen LogP contribution in [0.3, 0.4) is 0 Å². The molecular formula is C17H20BrClN2. The molecule has 0 heterocycles. The third-order valence-electron chi connectivity index (χ3n) is 3.31. The van der Waals surface area contributed by atoms with E-state index in [9.17, 15) is 0 Å². The highest BCUT2D eigenvalue weighted by Crippen LogP contribution is 2.26. The van der Waals surface area contributed by atoms with Gasteiger partial charge in [0.05, 0.1) is 0 Å². The van der Waals surface area contributed by atoms with Gasteiger partial charge in [-0.1, -0.05) is 45.7 Å². The number of hydrogen-bond acceptors (Lipinski definition) is 2. The van der Waals surface area contributed by atoms with E-state index in [1.165, 1.54) is 11.1 Å². The lowest BCUT2D eigenvalue weighted by Crippen LogP contribution is -2.22. The van der Waals surface area contributed by atoms with Gasteiger partial charge in [0.1, 0.15) is 0 Å². The van der Waals surface area contributed by atoms with Gasteiger partial charge in [0.15, 0.2) is 0 Å². The van der Waals surface area contributed by atoms with Gasteiger partial charge in [-0.3, -0.25) is 0 Å². The average Bonchev–Trinajstić information content (AvgIpc) is 2.40. The molecule has 0 aliphatic rings. The largest absolute Gasteiger partial charge is 0.370 e. The SMILES string of the molecule is CC(N)Cc1ccc(Cl)cc1N(C)Cc1cccc(Br)c1. The van der Waals surface area contributed by atoms with Gasteiger partial charge in [0, 0.05) is 34.8 Å². The maximum Gasteiger partial charge on any atom is 0.0426 e. The zero-order valence-corrected chi connectivity index (χ0v) is 14.7. The van der Waals surface area contributed by atoms with Gasteiger partial charge < -0.3 is 10.6 Å². The van der Waals surface area contributed by atoms with Crippen LogP contribution in [0, 0.1) is 0 Å². The number of benzene rings is 2. The van der Waals surface area contributed by atoms with Crippen molar-refractivity contribution in [2.75, 3.05) is 11.9 Å². The fourth-order valence-corrected chi connectivity index (χ4v) is 3.02. The van der Waals surface area contributed by atoms with E-state index < -0.39 is 0 Å². The van der Waals surface area contributed by atoms with Crippen LogP contribution in [-0.2, 0) is 13.0 Å². The third kappa shape index (κ3) is 4.73. The van der Waals surface area contributed by atoms with E-state index in [0.717, 1.165) is 28.1 Å². The quantitative estimate of drug-likeness (QED) is 0.835. The van der Waals surface area contributed by atoms with Crippen molar-refractivity contribution in [2.45, 2.75) is 25.9 Å². The summed E-state index contributed by atoms with van der Waals surface area (Å²) in [5.74, 6) is 0. The smallest absolute Gasteiger partial charge is 0.0426 e. The molecule has 0 spiro atoms. The van der Waals surface area contributed by atoms with Gasteiger partial charge in [0.25, 0.3) is 0 Å². The van der Waals surface area contributed by atoms with E-state index in [0.29, 0.717) is 0 Å². The van der Waals surface area contributed by atoms with Crippen LogP contribution in [0.15, 0.2) is 46.9 Å². The van der Waals surface area contributed by atoms with Gasteiger partial charge in [-0.2, -0.15) is 0 Å². The molecule has 2 aromatic carbocycles. The number of halogens is 2. The van der Waals surface area contributed by atoms with Crippen LogP contribution < -0.4 is 10.6 Å². The van der Waals surface area contributed by atoms with Crippen molar-refractivity contribution in [1.82, 2.24) is 0 Å². The van der Waals surface area contributed by atoms with E-state index in [2.05, 4.69) is 46.1 Å². The van der Waals surface area contributed by atoms with Crippen molar-refractivity contribution in [3.63, 3.8) is 0 Å². The first kappa shape index (κ1) is 16.3. The number of nitrogens with zero attached hydrogens (tertiary/aromatic N) is 1. The van der Waals surface area contributed by atoms with Gasteiger partial charge >= 0.3 is 0 Å². The topological polar surface area (TPSA) is 29.3 Å². The second-order valence-electron chi connectivity index (χ2n) is 5.44. The van der Waals surface area contributed by atoms with E-state index in [-0.39, 0.29) is 6.04 Å². The third-order valence-corrected chi connectivity index (χ3v) is 4.04. The highest BCUT2D eigenvalue weighted by molar-refractivity contribution is 9.10. The van der Waals surface area contributed by atoms with E-state index in [1.807, 2.05) is 31.2 Å². The minimum atomic E-state index is 0.129. The molecule has 0 aromatic heterocycles. The number of hydrogen-bond donors (Lipinski definition) is 1. The van der Waals surface area contributed by atoms with Crippen molar-refractivity contribution in [3.8, 4) is 0 Å². The summed E-state index contributed by atoms with van der Waals surface area (Å²) in [6.07, 6.45) is 0.843. The second kappa shape index (κ2) is 7.30. The molecule has 0 radical (unpaired) electrons. The van der Waals surface area contributed by atoms with Crippen LogP contribution in [0.1, 0.15) is 18.1 Å². The molecule has 1 unspecified atom stereocenters. The molecule has 4 heteroatoms. The molecule has 2 N–H and O–H groups in total. The summed E-state index contributed by atoms with van der Waals surface area (Å²) in [6.45, 7) is 2.85. The Morgan fingerprint density at radius 2 is 2.00 bits per heavy atom. The summed E-state index contributed by atoms with van der Waals surface area (Å²) in [5.41, 5.74) is 9.56. The Labute approximate surface area is 140 Å². The average molecular weight is 368 g/mol. The van der Waals surface area contributed by atoms with Crippen LogP contribution in [-0.4, -0.2) is 13.1 Å². The molecule has 1 atom stereocenters. The first-order valence-electron chi connectivity index (χ1n) is 6.95. The normalized spacial score (nSPS) is 12.2. The van der Waals surface area contributed by atoms with Gasteiger partial charge in [-0.05, 0) is 48.7 Å². The molecule has 0 aliphatic heterocycles. The highest BCUT2D eigenvalue weighted by Gasteiger charge is 2.11. The van der Waals surface area contributed by atoms with Gasteiger partial charge in [-0.15, -0.1) is 0 Å². The van der Waals surface area contributed by atoms with Crippen molar-refractivity contribution >= 4 is 33.2 Å². The molecular weight excluding hydrogens is 348 g/mol. The zero-order valence-electron chi connectivity index (χ0n) is 12.3. The summed E-state index contributed by atoms with van der Waals surface area (Å²) in [6, 6.07) is 14.5. The summed E-state index contributed by atoms with van der Waals surface area (Å²) in [5, 5.41) is 0.750. The van der Waals surface area contributed by atoms with Gasteiger partial charge in [-0.25, -0.2) is 0 Å². The zero-order chi connectivity index (χ0) is 15.4. The Bertz CT molecular complexity index is 613. The Balaban J connectivity index is 2.25. The molecule has 2 nitrogen and oxygen atoms in total. The van der Waals surface area contributed by atoms with Crippen molar-refractivity contribution in [1.29, 1.82) is 0 Å². The number of rotatable bonds is 5. The number of nitrogens with two attached hydrogens (primary N) is 1. The lowest BCUT2D eigenvalue weighted by atomic mass is 10.0. The van der Waals surface area contributed by atoms with Crippen molar-refractivity contribution in [2.24, 2.45) is 5.73 Å². The maximum absolute atomic E-state index is 6.16. The van der Waals surface area contributed by atoms with Crippen LogP contribution in [0.4, 0.5) is 5.69 Å². The standard InChI is InChI=1S/C17H20BrClN2/c1-12(20)8-14-6-7-16(19)10-17(14)21(2)11-13-4-3-5-15(18)9-13/h3-7,9-10,12H,8,11,20H2,1-2H3. The fraction of sp³-hybridized carbons (Fsp3) is 0.294. The molecule has 0 aliphatic carbocycles. The van der Waals surface area contributed by atoms with Gasteiger partial charge in [0.2, 0.25) is 0 Å². The Kier molecular flexibility index (Phi) is 5.68. The summed E-state index contributed by atoms with van der Waals surface area (Å²) in [7, 11) is 2.08. The minimum Gasteiger partial charge on any atom is -0.370 e. The van der Waals surface area contributed by atoms with Crippen LogP contribution in [0.5, 0.6) is 0 Å². The second-order valence-corrected chi connectivity index (χ2v) is 6.79. The minimum absolute atomic E-state index is 0.129. The predicted molar refractivity (Wildman–Crippen MR) is 95.1 cm³/mol. The summed E-state index contributed by atoms with van der Waals surface area (Å²) in [4.78, 5) is 2.21. The molecule has 2 aromatic rings.